The molecule has 0 radical (unpaired) electrons. The molecule has 0 aromatic carbocycles. The maximum Gasteiger partial charge on any atom is 0.314 e. The van der Waals surface area contributed by atoms with E-state index in [1.165, 1.54) is 0 Å². The average molecular weight is 154 g/mol. The van der Waals surface area contributed by atoms with Gasteiger partial charge < -0.3 is 5.11 Å². The maximum absolute atomic E-state index is 11.2. The van der Waals surface area contributed by atoms with Gasteiger partial charge in [-0.2, -0.15) is 0 Å². The third-order valence-electron chi connectivity index (χ3n) is 2.92. The highest BCUT2D eigenvalue weighted by molar-refractivity contribution is 6.02. The molecule has 3 nitrogen and oxygen atoms in total. The van der Waals surface area contributed by atoms with Gasteiger partial charge in [-0.1, -0.05) is 0 Å². The smallest absolute Gasteiger partial charge is 0.314 e. The van der Waals surface area contributed by atoms with E-state index >= 15 is 0 Å². The number of ketones is 1. The molecule has 2 bridgehead atoms. The van der Waals surface area contributed by atoms with Crippen molar-refractivity contribution in [1.82, 2.24) is 0 Å². The summed E-state index contributed by atoms with van der Waals surface area (Å²) in [5.41, 5.74) is 0. The number of hydrogen-bond donors (Lipinski definition) is 1. The Morgan fingerprint density at radius 1 is 1.45 bits per heavy atom. The molecule has 0 spiro atoms. The number of fused-ring (bicyclic) bond motifs is 2. The molecule has 0 aromatic heterocycles. The van der Waals surface area contributed by atoms with Gasteiger partial charge in [0.2, 0.25) is 0 Å². The maximum atomic E-state index is 11.2. The van der Waals surface area contributed by atoms with Crippen LogP contribution in [0, 0.1) is 17.8 Å². The van der Waals surface area contributed by atoms with E-state index in [1.54, 1.807) is 0 Å². The zero-order valence-electron chi connectivity index (χ0n) is 6.12. The largest absolute Gasteiger partial charge is 0.481 e. The van der Waals surface area contributed by atoms with E-state index in [1.807, 2.05) is 0 Å². The van der Waals surface area contributed by atoms with E-state index in [-0.39, 0.29) is 17.6 Å². The van der Waals surface area contributed by atoms with Crippen molar-refractivity contribution in [2.75, 3.05) is 0 Å². The molecule has 0 aliphatic heterocycles. The van der Waals surface area contributed by atoms with Crippen molar-refractivity contribution in [3.8, 4) is 0 Å². The summed E-state index contributed by atoms with van der Waals surface area (Å²) in [7, 11) is 0. The van der Waals surface area contributed by atoms with Gasteiger partial charge in [0, 0.05) is 5.92 Å². The lowest BCUT2D eigenvalue weighted by Crippen LogP contribution is -2.29. The molecule has 0 unspecified atom stereocenters. The number of aliphatic carboxylic acids is 1. The fourth-order valence-corrected chi connectivity index (χ4v) is 2.39. The number of rotatable bonds is 1. The first-order valence-corrected chi connectivity index (χ1v) is 3.96. The second-order valence-corrected chi connectivity index (χ2v) is 3.49. The highest BCUT2D eigenvalue weighted by Crippen LogP contribution is 2.45. The summed E-state index contributed by atoms with van der Waals surface area (Å²) < 4.78 is 0. The van der Waals surface area contributed by atoms with Crippen LogP contribution in [-0.2, 0) is 9.59 Å². The Morgan fingerprint density at radius 3 is 2.55 bits per heavy atom. The number of hydrogen-bond acceptors (Lipinski definition) is 2. The Balaban J connectivity index is 2.24. The Labute approximate surface area is 64.4 Å². The fourth-order valence-electron chi connectivity index (χ4n) is 2.39. The van der Waals surface area contributed by atoms with Gasteiger partial charge in [0.15, 0.2) is 0 Å². The van der Waals surface area contributed by atoms with E-state index in [2.05, 4.69) is 0 Å². The molecule has 2 rings (SSSR count). The van der Waals surface area contributed by atoms with E-state index in [9.17, 15) is 9.59 Å². The molecule has 0 amide bonds. The molecular formula is C8H10O3. The topological polar surface area (TPSA) is 54.4 Å². The molecular weight excluding hydrogens is 144 g/mol. The van der Waals surface area contributed by atoms with Crippen molar-refractivity contribution in [1.29, 1.82) is 0 Å². The van der Waals surface area contributed by atoms with Gasteiger partial charge in [0.05, 0.1) is 0 Å². The Bertz CT molecular complexity index is 221. The van der Waals surface area contributed by atoms with E-state index in [0.29, 0.717) is 0 Å². The highest BCUT2D eigenvalue weighted by Gasteiger charge is 2.50. The summed E-state index contributed by atoms with van der Waals surface area (Å²) in [6.45, 7) is 0. The zero-order valence-corrected chi connectivity index (χ0v) is 6.12. The summed E-state index contributed by atoms with van der Waals surface area (Å²) in [4.78, 5) is 21.8. The molecule has 0 heterocycles. The van der Waals surface area contributed by atoms with Crippen molar-refractivity contribution in [3.05, 3.63) is 0 Å². The number of carbonyl (C=O) groups excluding carboxylic acids is 1. The zero-order chi connectivity index (χ0) is 8.01. The Hall–Kier alpha value is -0.860. The van der Waals surface area contributed by atoms with Crippen molar-refractivity contribution in [2.45, 2.75) is 19.3 Å². The van der Waals surface area contributed by atoms with Crippen LogP contribution in [0.15, 0.2) is 0 Å². The molecule has 0 aromatic rings. The van der Waals surface area contributed by atoms with E-state index in [0.717, 1.165) is 19.3 Å². The monoisotopic (exact) mass is 154 g/mol. The molecule has 3 atom stereocenters. The lowest BCUT2D eigenvalue weighted by Gasteiger charge is -2.15. The van der Waals surface area contributed by atoms with Crippen molar-refractivity contribution in [2.24, 2.45) is 17.8 Å². The van der Waals surface area contributed by atoms with Crippen LogP contribution in [-0.4, -0.2) is 16.9 Å². The molecule has 3 heteroatoms. The summed E-state index contributed by atoms with van der Waals surface area (Å²) in [5, 5.41) is 8.68. The number of carboxylic acid groups (broad SMARTS) is 1. The van der Waals surface area contributed by atoms with Gasteiger partial charge in [0.1, 0.15) is 11.7 Å². The van der Waals surface area contributed by atoms with Gasteiger partial charge in [-0.15, -0.1) is 0 Å². The Morgan fingerprint density at radius 2 is 2.18 bits per heavy atom. The SMILES string of the molecule is O=C(O)[C@@H]1C(=O)[C@@H]2CC[C@@H]1C2. The van der Waals surface area contributed by atoms with Crippen LogP contribution in [0.5, 0.6) is 0 Å². The minimum absolute atomic E-state index is 0.0197. The molecule has 2 fully saturated rings. The van der Waals surface area contributed by atoms with Gasteiger partial charge in [0.25, 0.3) is 0 Å². The molecule has 2 aliphatic rings. The van der Waals surface area contributed by atoms with Crippen LogP contribution in [0.4, 0.5) is 0 Å². The minimum Gasteiger partial charge on any atom is -0.481 e. The van der Waals surface area contributed by atoms with Gasteiger partial charge in [-0.25, -0.2) is 0 Å². The minimum atomic E-state index is -0.915. The number of Topliss-reactive ketones (excluding diaryl/α,β-unsaturated/α-hetero) is 1. The molecule has 2 saturated carbocycles. The normalized spacial score (nSPS) is 41.5. The fraction of sp³-hybridized carbons (Fsp3) is 0.750. The summed E-state index contributed by atoms with van der Waals surface area (Å²) in [6.07, 6.45) is 2.69. The van der Waals surface area contributed by atoms with Crippen LogP contribution < -0.4 is 0 Å². The molecule has 1 N–H and O–H groups in total. The average Bonchev–Trinajstić information content (AvgIpc) is 2.44. The van der Waals surface area contributed by atoms with Gasteiger partial charge in [-0.05, 0) is 25.2 Å². The Kier molecular flexibility index (Phi) is 1.28. The van der Waals surface area contributed by atoms with Crippen LogP contribution in [0.1, 0.15) is 19.3 Å². The molecule has 11 heavy (non-hydrogen) atoms. The second-order valence-electron chi connectivity index (χ2n) is 3.49. The lowest BCUT2D eigenvalue weighted by atomic mass is 9.88. The van der Waals surface area contributed by atoms with Crippen molar-refractivity contribution < 1.29 is 14.7 Å². The quantitative estimate of drug-likeness (QED) is 0.565. The van der Waals surface area contributed by atoms with Crippen molar-refractivity contribution in [3.63, 3.8) is 0 Å². The molecule has 0 saturated heterocycles. The van der Waals surface area contributed by atoms with Crippen LogP contribution >= 0.6 is 0 Å². The van der Waals surface area contributed by atoms with Gasteiger partial charge >= 0.3 is 5.97 Å². The third-order valence-corrected chi connectivity index (χ3v) is 2.92. The van der Waals surface area contributed by atoms with Crippen LogP contribution in [0.3, 0.4) is 0 Å². The van der Waals surface area contributed by atoms with Crippen LogP contribution in [0.2, 0.25) is 0 Å². The van der Waals surface area contributed by atoms with Gasteiger partial charge in [-0.3, -0.25) is 9.59 Å². The lowest BCUT2D eigenvalue weighted by molar-refractivity contribution is -0.148. The number of carboxylic acids is 1. The summed E-state index contributed by atoms with van der Waals surface area (Å²) in [6, 6.07) is 0. The standard InChI is InChI=1S/C8H10O3/c9-7-5-2-1-4(3-5)6(7)8(10)11/h4-6H,1-3H2,(H,10,11)/t4-,5-,6+/m1/s1. The summed E-state index contributed by atoms with van der Waals surface area (Å²) in [5.74, 6) is -1.35. The first kappa shape index (κ1) is 6.83. The molecule has 60 valence electrons. The highest BCUT2D eigenvalue weighted by atomic mass is 16.4. The summed E-state index contributed by atoms with van der Waals surface area (Å²) >= 11 is 0. The third kappa shape index (κ3) is 0.800. The van der Waals surface area contributed by atoms with E-state index < -0.39 is 11.9 Å². The predicted molar refractivity (Wildman–Crippen MR) is 37.0 cm³/mol. The first-order chi connectivity index (χ1) is 5.20. The van der Waals surface area contributed by atoms with Crippen LogP contribution in [0.25, 0.3) is 0 Å². The second kappa shape index (κ2) is 2.06. The van der Waals surface area contributed by atoms with E-state index in [4.69, 9.17) is 5.11 Å². The number of carbonyl (C=O) groups is 2. The predicted octanol–water partition coefficient (Wildman–Crippen LogP) is 0.686. The first-order valence-electron chi connectivity index (χ1n) is 3.96. The van der Waals surface area contributed by atoms with Crippen molar-refractivity contribution >= 4 is 11.8 Å². The molecule has 2 aliphatic carbocycles.